The minimum atomic E-state index is -0.376. The highest BCUT2D eigenvalue weighted by atomic mass is 32.1. The Morgan fingerprint density at radius 3 is 2.62 bits per heavy atom. The van der Waals surface area contributed by atoms with Gasteiger partial charge in [0, 0.05) is 16.2 Å². The van der Waals surface area contributed by atoms with Gasteiger partial charge in [-0.25, -0.2) is 4.79 Å². The minimum absolute atomic E-state index is 0.232. The fourth-order valence-corrected chi connectivity index (χ4v) is 2.23. The third-order valence-electron chi connectivity index (χ3n) is 2.06. The van der Waals surface area contributed by atoms with Gasteiger partial charge in [0.2, 0.25) is 5.91 Å². The molecule has 0 fully saturated rings. The molecule has 0 spiro atoms. The molecule has 1 amide bonds. The Morgan fingerprint density at radius 1 is 1.44 bits per heavy atom. The van der Waals surface area contributed by atoms with Crippen molar-refractivity contribution in [1.82, 2.24) is 0 Å². The van der Waals surface area contributed by atoms with Gasteiger partial charge in [-0.15, -0.1) is 11.3 Å². The highest BCUT2D eigenvalue weighted by molar-refractivity contribution is 7.12. The average Bonchev–Trinajstić information content (AvgIpc) is 2.52. The summed E-state index contributed by atoms with van der Waals surface area (Å²) in [6.45, 7) is 4.06. The second-order valence-electron chi connectivity index (χ2n) is 3.53. The molecule has 0 aliphatic carbocycles. The number of esters is 1. The van der Waals surface area contributed by atoms with Crippen LogP contribution in [0.15, 0.2) is 6.07 Å². The Bertz CT molecular complexity index is 398. The minimum Gasteiger partial charge on any atom is -0.462 e. The number of carbonyl (C=O) groups is 2. The molecule has 1 heterocycles. The van der Waals surface area contributed by atoms with Crippen molar-refractivity contribution in [1.29, 1.82) is 0 Å². The van der Waals surface area contributed by atoms with Crippen LogP contribution >= 0.6 is 11.3 Å². The summed E-state index contributed by atoms with van der Waals surface area (Å²) >= 11 is 1.57. The van der Waals surface area contributed by atoms with Gasteiger partial charge in [-0.1, -0.05) is 0 Å². The van der Waals surface area contributed by atoms with Crippen molar-refractivity contribution in [2.24, 2.45) is 5.73 Å². The maximum Gasteiger partial charge on any atom is 0.339 e. The van der Waals surface area contributed by atoms with Crippen LogP contribution in [0.25, 0.3) is 0 Å². The first kappa shape index (κ1) is 12.7. The first-order valence-electron chi connectivity index (χ1n) is 5.03. The third-order valence-corrected chi connectivity index (χ3v) is 3.03. The highest BCUT2D eigenvalue weighted by Gasteiger charge is 2.12. The number of aryl methyl sites for hydroxylation is 2. The molecule has 1 aromatic rings. The van der Waals surface area contributed by atoms with Crippen LogP contribution in [0.4, 0.5) is 0 Å². The molecule has 1 aromatic heterocycles. The Morgan fingerprint density at radius 2 is 2.12 bits per heavy atom. The van der Waals surface area contributed by atoms with Crippen LogP contribution in [0.2, 0.25) is 0 Å². The predicted octanol–water partition coefficient (Wildman–Crippen LogP) is 1.79. The van der Waals surface area contributed by atoms with E-state index in [1.807, 2.05) is 19.9 Å². The summed E-state index contributed by atoms with van der Waals surface area (Å²) < 4.78 is 5.03. The van der Waals surface area contributed by atoms with E-state index in [2.05, 4.69) is 0 Å². The van der Waals surface area contributed by atoms with E-state index in [0.717, 1.165) is 9.75 Å². The fraction of sp³-hybridized carbons (Fsp3) is 0.455. The van der Waals surface area contributed by atoms with Crippen LogP contribution in [-0.2, 0) is 9.53 Å². The largest absolute Gasteiger partial charge is 0.462 e. The summed E-state index contributed by atoms with van der Waals surface area (Å²) in [4.78, 5) is 24.1. The molecule has 0 aliphatic rings. The molecule has 88 valence electrons. The first-order valence-corrected chi connectivity index (χ1v) is 5.85. The van der Waals surface area contributed by atoms with Crippen LogP contribution < -0.4 is 5.73 Å². The number of hydrogen-bond donors (Lipinski definition) is 1. The molecule has 1 rings (SSSR count). The molecular weight excluding hydrogens is 226 g/mol. The zero-order valence-corrected chi connectivity index (χ0v) is 10.2. The molecule has 5 heteroatoms. The molecule has 0 unspecified atom stereocenters. The molecule has 16 heavy (non-hydrogen) atoms. The van der Waals surface area contributed by atoms with Crippen LogP contribution in [-0.4, -0.2) is 18.5 Å². The van der Waals surface area contributed by atoms with Crippen molar-refractivity contribution >= 4 is 23.2 Å². The number of carbonyl (C=O) groups excluding carboxylic acids is 2. The Labute approximate surface area is 98.4 Å². The number of rotatable bonds is 5. The lowest BCUT2D eigenvalue weighted by atomic mass is 10.2. The van der Waals surface area contributed by atoms with E-state index in [-0.39, 0.29) is 24.9 Å². The zero-order chi connectivity index (χ0) is 12.1. The molecule has 0 aliphatic heterocycles. The number of nitrogens with two attached hydrogens (primary N) is 1. The lowest BCUT2D eigenvalue weighted by Crippen LogP contribution is -2.13. The summed E-state index contributed by atoms with van der Waals surface area (Å²) in [7, 11) is 0. The summed E-state index contributed by atoms with van der Waals surface area (Å²) in [6, 6.07) is 1.82. The van der Waals surface area contributed by atoms with Gasteiger partial charge >= 0.3 is 5.97 Å². The SMILES string of the molecule is Cc1cc(C(=O)OCCCC(N)=O)c(C)s1. The third kappa shape index (κ3) is 3.66. The molecular formula is C11H15NO3S. The normalized spacial score (nSPS) is 10.1. The van der Waals surface area contributed by atoms with Crippen molar-refractivity contribution in [2.45, 2.75) is 26.7 Å². The number of hydrogen-bond acceptors (Lipinski definition) is 4. The van der Waals surface area contributed by atoms with Gasteiger partial charge in [0.1, 0.15) is 0 Å². The number of ether oxygens (including phenoxy) is 1. The monoisotopic (exact) mass is 241 g/mol. The smallest absolute Gasteiger partial charge is 0.339 e. The van der Waals surface area contributed by atoms with Gasteiger partial charge in [-0.05, 0) is 26.3 Å². The maximum atomic E-state index is 11.6. The van der Waals surface area contributed by atoms with Crippen LogP contribution in [0.5, 0.6) is 0 Å². The van der Waals surface area contributed by atoms with Gasteiger partial charge in [-0.3, -0.25) is 4.79 Å². The molecule has 0 atom stereocenters. The number of thiophene rings is 1. The summed E-state index contributed by atoms with van der Waals surface area (Å²) in [6.07, 6.45) is 0.720. The van der Waals surface area contributed by atoms with Crippen molar-refractivity contribution in [2.75, 3.05) is 6.61 Å². The number of primary amides is 1. The number of amides is 1. The summed E-state index contributed by atoms with van der Waals surface area (Å²) in [5, 5.41) is 0. The molecule has 4 nitrogen and oxygen atoms in total. The van der Waals surface area contributed by atoms with Gasteiger partial charge < -0.3 is 10.5 Å². The van der Waals surface area contributed by atoms with Gasteiger partial charge in [0.05, 0.1) is 12.2 Å². The van der Waals surface area contributed by atoms with E-state index in [9.17, 15) is 9.59 Å². The Balaban J connectivity index is 2.41. The quantitative estimate of drug-likeness (QED) is 0.631. The molecule has 0 radical (unpaired) electrons. The summed E-state index contributed by atoms with van der Waals surface area (Å²) in [5.41, 5.74) is 5.58. The van der Waals surface area contributed by atoms with Crippen LogP contribution in [0.3, 0.4) is 0 Å². The van der Waals surface area contributed by atoms with Crippen LogP contribution in [0.1, 0.15) is 33.0 Å². The van der Waals surface area contributed by atoms with E-state index >= 15 is 0 Å². The topological polar surface area (TPSA) is 69.4 Å². The molecule has 0 bridgehead atoms. The van der Waals surface area contributed by atoms with E-state index in [4.69, 9.17) is 10.5 Å². The van der Waals surface area contributed by atoms with Gasteiger partial charge in [0.25, 0.3) is 0 Å². The first-order chi connectivity index (χ1) is 7.50. The van der Waals surface area contributed by atoms with E-state index in [1.165, 1.54) is 0 Å². The van der Waals surface area contributed by atoms with Crippen molar-refractivity contribution < 1.29 is 14.3 Å². The predicted molar refractivity (Wildman–Crippen MR) is 62.5 cm³/mol. The van der Waals surface area contributed by atoms with Crippen LogP contribution in [0, 0.1) is 13.8 Å². The highest BCUT2D eigenvalue weighted by Crippen LogP contribution is 2.21. The van der Waals surface area contributed by atoms with E-state index < -0.39 is 0 Å². The fourth-order valence-electron chi connectivity index (χ4n) is 1.32. The lowest BCUT2D eigenvalue weighted by molar-refractivity contribution is -0.118. The van der Waals surface area contributed by atoms with Crippen molar-refractivity contribution in [3.05, 3.63) is 21.4 Å². The van der Waals surface area contributed by atoms with Gasteiger partial charge in [-0.2, -0.15) is 0 Å². The zero-order valence-electron chi connectivity index (χ0n) is 9.41. The molecule has 0 saturated carbocycles. The van der Waals surface area contributed by atoms with E-state index in [0.29, 0.717) is 12.0 Å². The van der Waals surface area contributed by atoms with Gasteiger partial charge in [0.15, 0.2) is 0 Å². The van der Waals surface area contributed by atoms with E-state index in [1.54, 1.807) is 11.3 Å². The van der Waals surface area contributed by atoms with Crippen molar-refractivity contribution in [3.63, 3.8) is 0 Å². The lowest BCUT2D eigenvalue weighted by Gasteiger charge is -2.02. The second-order valence-corrected chi connectivity index (χ2v) is 4.99. The Hall–Kier alpha value is -1.36. The second kappa shape index (κ2) is 5.65. The molecule has 2 N–H and O–H groups in total. The molecule has 0 aromatic carbocycles. The average molecular weight is 241 g/mol. The standard InChI is InChI=1S/C11H15NO3S/c1-7-6-9(8(2)16-7)11(14)15-5-3-4-10(12)13/h6H,3-5H2,1-2H3,(H2,12,13). The van der Waals surface area contributed by atoms with Crippen molar-refractivity contribution in [3.8, 4) is 0 Å². The Kier molecular flexibility index (Phi) is 4.49. The maximum absolute atomic E-state index is 11.6. The summed E-state index contributed by atoms with van der Waals surface area (Å²) in [5.74, 6) is -0.704. The molecule has 0 saturated heterocycles.